The minimum absolute atomic E-state index is 0.202. The van der Waals surface area contributed by atoms with E-state index in [1.54, 1.807) is 0 Å². The van der Waals surface area contributed by atoms with Gasteiger partial charge in [-0.1, -0.05) is 54.9 Å². The number of carbonyl (C=O) groups is 1. The molecule has 2 rings (SSSR count). The SMILES string of the molecule is CC(C)(C)C(CBr)CN1CCCc2ccccc2C1=O. The van der Waals surface area contributed by atoms with Crippen molar-refractivity contribution in [2.45, 2.75) is 33.6 Å². The van der Waals surface area contributed by atoms with Gasteiger partial charge >= 0.3 is 0 Å². The van der Waals surface area contributed by atoms with Gasteiger partial charge in [0.05, 0.1) is 0 Å². The summed E-state index contributed by atoms with van der Waals surface area (Å²) < 4.78 is 0. The van der Waals surface area contributed by atoms with Gasteiger partial charge in [-0.05, 0) is 35.8 Å². The summed E-state index contributed by atoms with van der Waals surface area (Å²) in [5.41, 5.74) is 2.30. The number of rotatable bonds is 3. The first-order valence-electron chi connectivity index (χ1n) is 7.36. The molecule has 20 heavy (non-hydrogen) atoms. The van der Waals surface area contributed by atoms with E-state index in [2.05, 4.69) is 42.8 Å². The van der Waals surface area contributed by atoms with Crippen molar-refractivity contribution in [3.8, 4) is 0 Å². The van der Waals surface area contributed by atoms with Crippen LogP contribution >= 0.6 is 15.9 Å². The fourth-order valence-electron chi connectivity index (χ4n) is 2.67. The van der Waals surface area contributed by atoms with Crippen LogP contribution in [-0.4, -0.2) is 29.2 Å². The van der Waals surface area contributed by atoms with E-state index in [0.29, 0.717) is 5.92 Å². The molecule has 0 spiro atoms. The second kappa shape index (κ2) is 6.30. The molecule has 0 N–H and O–H groups in total. The van der Waals surface area contributed by atoms with Crippen LogP contribution in [0.25, 0.3) is 0 Å². The number of hydrogen-bond donors (Lipinski definition) is 0. The van der Waals surface area contributed by atoms with Crippen LogP contribution < -0.4 is 0 Å². The summed E-state index contributed by atoms with van der Waals surface area (Å²) in [6.45, 7) is 8.44. The van der Waals surface area contributed by atoms with E-state index in [1.807, 2.05) is 23.1 Å². The Labute approximate surface area is 130 Å². The maximum Gasteiger partial charge on any atom is 0.254 e. The van der Waals surface area contributed by atoms with Gasteiger partial charge in [0.15, 0.2) is 0 Å². The average Bonchev–Trinajstić information content (AvgIpc) is 2.55. The second-order valence-electron chi connectivity index (χ2n) is 6.73. The van der Waals surface area contributed by atoms with E-state index >= 15 is 0 Å². The standard InChI is InChI=1S/C17H24BrNO/c1-17(2,3)14(11-18)12-19-10-6-8-13-7-4-5-9-15(13)16(19)20/h4-5,7,9,14H,6,8,10-12H2,1-3H3. The number of halogens is 1. The molecule has 0 aromatic heterocycles. The lowest BCUT2D eigenvalue weighted by Gasteiger charge is -2.34. The predicted octanol–water partition coefficient (Wildman–Crippen LogP) is 4.13. The highest BCUT2D eigenvalue weighted by Crippen LogP contribution is 2.29. The molecule has 1 heterocycles. The Kier molecular flexibility index (Phi) is 4.90. The number of nitrogens with zero attached hydrogens (tertiary/aromatic N) is 1. The van der Waals surface area contributed by atoms with Gasteiger partial charge in [0.25, 0.3) is 5.91 Å². The van der Waals surface area contributed by atoms with Gasteiger partial charge in [0, 0.05) is 24.0 Å². The largest absolute Gasteiger partial charge is 0.338 e. The normalized spacial score (nSPS) is 17.6. The van der Waals surface area contributed by atoms with Crippen molar-refractivity contribution in [2.75, 3.05) is 18.4 Å². The van der Waals surface area contributed by atoms with E-state index in [4.69, 9.17) is 0 Å². The first-order valence-corrected chi connectivity index (χ1v) is 8.48. The van der Waals surface area contributed by atoms with Gasteiger partial charge in [-0.15, -0.1) is 0 Å². The number of aryl methyl sites for hydroxylation is 1. The molecule has 1 aromatic carbocycles. The van der Waals surface area contributed by atoms with Crippen LogP contribution in [0.15, 0.2) is 24.3 Å². The van der Waals surface area contributed by atoms with Crippen molar-refractivity contribution in [2.24, 2.45) is 11.3 Å². The molecule has 1 aromatic rings. The third kappa shape index (κ3) is 3.43. The van der Waals surface area contributed by atoms with Crippen LogP contribution in [-0.2, 0) is 6.42 Å². The first kappa shape index (κ1) is 15.6. The van der Waals surface area contributed by atoms with Gasteiger partial charge < -0.3 is 4.90 Å². The highest BCUT2D eigenvalue weighted by Gasteiger charge is 2.29. The number of alkyl halides is 1. The summed E-state index contributed by atoms with van der Waals surface area (Å²) in [6.07, 6.45) is 2.06. The molecule has 0 radical (unpaired) electrons. The zero-order valence-corrected chi connectivity index (χ0v) is 14.2. The van der Waals surface area contributed by atoms with Crippen molar-refractivity contribution < 1.29 is 4.79 Å². The zero-order valence-electron chi connectivity index (χ0n) is 12.7. The monoisotopic (exact) mass is 337 g/mol. The van der Waals surface area contributed by atoms with E-state index in [9.17, 15) is 4.79 Å². The number of fused-ring (bicyclic) bond motifs is 1. The van der Waals surface area contributed by atoms with Gasteiger partial charge in [0.2, 0.25) is 0 Å². The Balaban J connectivity index is 2.20. The van der Waals surface area contributed by atoms with Gasteiger partial charge in [-0.3, -0.25) is 4.79 Å². The van der Waals surface area contributed by atoms with Crippen LogP contribution in [0.4, 0.5) is 0 Å². The summed E-state index contributed by atoms with van der Waals surface area (Å²) in [5.74, 6) is 0.671. The highest BCUT2D eigenvalue weighted by atomic mass is 79.9. The highest BCUT2D eigenvalue weighted by molar-refractivity contribution is 9.09. The molecule has 0 saturated carbocycles. The summed E-state index contributed by atoms with van der Waals surface area (Å²) >= 11 is 3.61. The van der Waals surface area contributed by atoms with E-state index < -0.39 is 0 Å². The minimum atomic E-state index is 0.202. The van der Waals surface area contributed by atoms with E-state index in [0.717, 1.165) is 36.8 Å². The first-order chi connectivity index (χ1) is 9.43. The van der Waals surface area contributed by atoms with E-state index in [1.165, 1.54) is 5.56 Å². The summed E-state index contributed by atoms with van der Waals surface area (Å²) in [6, 6.07) is 8.04. The fourth-order valence-corrected chi connectivity index (χ4v) is 3.85. The topological polar surface area (TPSA) is 20.3 Å². The van der Waals surface area contributed by atoms with Gasteiger partial charge in [0.1, 0.15) is 0 Å². The molecule has 0 fully saturated rings. The van der Waals surface area contributed by atoms with Crippen LogP contribution in [0, 0.1) is 11.3 Å². The average molecular weight is 338 g/mol. The number of benzene rings is 1. The molecule has 110 valence electrons. The Morgan fingerprint density at radius 1 is 1.30 bits per heavy atom. The molecule has 0 saturated heterocycles. The van der Waals surface area contributed by atoms with Crippen molar-refractivity contribution >= 4 is 21.8 Å². The van der Waals surface area contributed by atoms with Crippen molar-refractivity contribution in [3.05, 3.63) is 35.4 Å². The summed E-state index contributed by atoms with van der Waals surface area (Å²) in [4.78, 5) is 14.8. The van der Waals surface area contributed by atoms with Crippen molar-refractivity contribution in [1.29, 1.82) is 0 Å². The lowest BCUT2D eigenvalue weighted by Crippen LogP contribution is -2.40. The van der Waals surface area contributed by atoms with Gasteiger partial charge in [-0.2, -0.15) is 0 Å². The number of carbonyl (C=O) groups excluding carboxylic acids is 1. The molecule has 0 bridgehead atoms. The third-order valence-corrected chi connectivity index (χ3v) is 5.04. The lowest BCUT2D eigenvalue weighted by molar-refractivity contribution is 0.0697. The zero-order chi connectivity index (χ0) is 14.8. The fraction of sp³-hybridized carbons (Fsp3) is 0.588. The van der Waals surface area contributed by atoms with Crippen LogP contribution in [0.5, 0.6) is 0 Å². The number of hydrogen-bond acceptors (Lipinski definition) is 1. The maximum atomic E-state index is 12.7. The molecular formula is C17H24BrNO. The van der Waals surface area contributed by atoms with Crippen LogP contribution in [0.2, 0.25) is 0 Å². The molecule has 2 nitrogen and oxygen atoms in total. The Morgan fingerprint density at radius 3 is 2.65 bits per heavy atom. The molecule has 3 heteroatoms. The predicted molar refractivity (Wildman–Crippen MR) is 87.4 cm³/mol. The Morgan fingerprint density at radius 2 is 2.00 bits per heavy atom. The second-order valence-corrected chi connectivity index (χ2v) is 7.38. The van der Waals surface area contributed by atoms with Crippen molar-refractivity contribution in [1.82, 2.24) is 4.90 Å². The smallest absolute Gasteiger partial charge is 0.254 e. The molecule has 1 aliphatic rings. The molecule has 1 aliphatic heterocycles. The van der Waals surface area contributed by atoms with Crippen LogP contribution in [0.3, 0.4) is 0 Å². The lowest BCUT2D eigenvalue weighted by atomic mass is 9.81. The summed E-state index contributed by atoms with van der Waals surface area (Å²) in [5, 5.41) is 0.932. The molecule has 1 amide bonds. The van der Waals surface area contributed by atoms with Crippen molar-refractivity contribution in [3.63, 3.8) is 0 Å². The minimum Gasteiger partial charge on any atom is -0.338 e. The molecular weight excluding hydrogens is 314 g/mol. The Bertz CT molecular complexity index is 478. The third-order valence-electron chi connectivity index (χ3n) is 4.26. The quantitative estimate of drug-likeness (QED) is 0.759. The summed E-state index contributed by atoms with van der Waals surface area (Å²) in [7, 11) is 0. The molecule has 0 aliphatic carbocycles. The van der Waals surface area contributed by atoms with Gasteiger partial charge in [-0.25, -0.2) is 0 Å². The van der Waals surface area contributed by atoms with Crippen LogP contribution in [0.1, 0.15) is 43.1 Å². The number of amides is 1. The molecule has 1 unspecified atom stereocenters. The molecule has 1 atom stereocenters. The van der Waals surface area contributed by atoms with E-state index in [-0.39, 0.29) is 11.3 Å². The Hall–Kier alpha value is -0.830. The maximum absolute atomic E-state index is 12.7.